The van der Waals surface area contributed by atoms with E-state index >= 15 is 0 Å². The van der Waals surface area contributed by atoms with E-state index in [1.165, 1.54) is 6.08 Å². The van der Waals surface area contributed by atoms with E-state index in [0.29, 0.717) is 11.6 Å². The summed E-state index contributed by atoms with van der Waals surface area (Å²) in [6.45, 7) is 0. The molecule has 29 heavy (non-hydrogen) atoms. The molecule has 0 aliphatic carbocycles. The number of carbonyl (C=O) groups excluding carboxylic acids is 1. The molecule has 1 amide bonds. The molecule has 0 unspecified atom stereocenters. The third kappa shape index (κ3) is 7.24. The fourth-order valence-corrected chi connectivity index (χ4v) is 4.17. The molecular weight excluding hydrogens is 406 g/mol. The minimum absolute atomic E-state index is 0.120. The number of amides is 1. The Hall–Kier alpha value is -2.84. The summed E-state index contributed by atoms with van der Waals surface area (Å²) in [7, 11) is -3.47. The summed E-state index contributed by atoms with van der Waals surface area (Å²) in [6, 6.07) is 19.1. The first-order valence-electron chi connectivity index (χ1n) is 8.96. The van der Waals surface area contributed by atoms with E-state index in [1.54, 1.807) is 28.8 Å². The molecule has 0 atom stereocenters. The normalized spacial score (nSPS) is 11.6. The van der Waals surface area contributed by atoms with E-state index in [9.17, 15) is 13.2 Å². The zero-order chi connectivity index (χ0) is 20.5. The molecule has 0 bridgehead atoms. The molecule has 2 aromatic carbocycles. The lowest BCUT2D eigenvalue weighted by molar-refractivity contribution is -0.115. The smallest absolute Gasteiger partial charge is 0.225 e. The maximum Gasteiger partial charge on any atom is 0.225 e. The highest BCUT2D eigenvalue weighted by atomic mass is 32.2. The van der Waals surface area contributed by atoms with E-state index in [4.69, 9.17) is 0 Å². The van der Waals surface area contributed by atoms with Crippen molar-refractivity contribution >= 4 is 39.3 Å². The monoisotopic (exact) mass is 427 g/mol. The van der Waals surface area contributed by atoms with Crippen LogP contribution in [0.2, 0.25) is 0 Å². The highest BCUT2D eigenvalue weighted by molar-refractivity contribution is 7.98. The van der Waals surface area contributed by atoms with E-state index < -0.39 is 9.84 Å². The van der Waals surface area contributed by atoms with Gasteiger partial charge in [-0.3, -0.25) is 9.48 Å². The van der Waals surface area contributed by atoms with Gasteiger partial charge >= 0.3 is 0 Å². The summed E-state index contributed by atoms with van der Waals surface area (Å²) in [5.41, 5.74) is 1.34. The largest absolute Gasteiger partial charge is 0.323 e. The summed E-state index contributed by atoms with van der Waals surface area (Å²) in [4.78, 5) is 13.2. The highest BCUT2D eigenvalue weighted by Crippen LogP contribution is 2.19. The molecule has 6 nitrogen and oxygen atoms in total. The molecule has 0 saturated carbocycles. The summed E-state index contributed by atoms with van der Waals surface area (Å²) >= 11 is 1.62. The van der Waals surface area contributed by atoms with Gasteiger partial charge in [-0.1, -0.05) is 48.5 Å². The number of anilines is 1. The SMILES string of the molecule is O=C(CCS(=O)(=O)C=Cc1ccccc1)Nc1cnn(CSc2ccccc2)c1. The fraction of sp³-hybridized carbons (Fsp3) is 0.143. The van der Waals surface area contributed by atoms with Gasteiger partial charge < -0.3 is 5.32 Å². The van der Waals surface area contributed by atoms with Crippen molar-refractivity contribution < 1.29 is 13.2 Å². The van der Waals surface area contributed by atoms with Gasteiger partial charge in [0, 0.05) is 22.9 Å². The number of rotatable bonds is 9. The van der Waals surface area contributed by atoms with Gasteiger partial charge in [0.2, 0.25) is 5.91 Å². The van der Waals surface area contributed by atoms with Gasteiger partial charge in [-0.15, -0.1) is 11.8 Å². The van der Waals surface area contributed by atoms with Crippen LogP contribution in [0.25, 0.3) is 6.08 Å². The number of thioether (sulfide) groups is 1. The van der Waals surface area contributed by atoms with Crippen LogP contribution >= 0.6 is 11.8 Å². The number of aromatic nitrogens is 2. The minimum Gasteiger partial charge on any atom is -0.323 e. The molecule has 0 fully saturated rings. The molecule has 1 heterocycles. The van der Waals surface area contributed by atoms with E-state index in [-0.39, 0.29) is 18.1 Å². The zero-order valence-electron chi connectivity index (χ0n) is 15.6. The predicted octanol–water partition coefficient (Wildman–Crippen LogP) is 4.05. The molecule has 0 aliphatic heterocycles. The fourth-order valence-electron chi connectivity index (χ4n) is 2.43. The van der Waals surface area contributed by atoms with Crippen molar-refractivity contribution in [2.45, 2.75) is 17.2 Å². The van der Waals surface area contributed by atoms with Crippen molar-refractivity contribution in [1.82, 2.24) is 9.78 Å². The van der Waals surface area contributed by atoms with E-state index in [2.05, 4.69) is 10.4 Å². The van der Waals surface area contributed by atoms with Crippen LogP contribution in [0, 0.1) is 0 Å². The molecule has 8 heteroatoms. The van der Waals surface area contributed by atoms with Crippen molar-refractivity contribution in [3.8, 4) is 0 Å². The topological polar surface area (TPSA) is 81.1 Å². The summed E-state index contributed by atoms with van der Waals surface area (Å²) in [5.74, 6) is -0.00411. The van der Waals surface area contributed by atoms with Crippen LogP contribution in [0.5, 0.6) is 0 Å². The van der Waals surface area contributed by atoms with Crippen molar-refractivity contribution in [1.29, 1.82) is 0 Å². The number of nitrogens with zero attached hydrogens (tertiary/aromatic N) is 2. The van der Waals surface area contributed by atoms with Gasteiger partial charge in [-0.25, -0.2) is 8.42 Å². The second-order valence-electron chi connectivity index (χ2n) is 6.23. The Balaban J connectivity index is 1.45. The lowest BCUT2D eigenvalue weighted by atomic mass is 10.2. The first-order valence-corrected chi connectivity index (χ1v) is 11.7. The lowest BCUT2D eigenvalue weighted by Gasteiger charge is -2.03. The van der Waals surface area contributed by atoms with Gasteiger partial charge in [0.25, 0.3) is 0 Å². The number of carbonyl (C=O) groups is 1. The van der Waals surface area contributed by atoms with Gasteiger partial charge in [0.15, 0.2) is 9.84 Å². The summed E-state index contributed by atoms with van der Waals surface area (Å²) in [5, 5.41) is 8.04. The molecule has 3 rings (SSSR count). The molecule has 0 saturated heterocycles. The zero-order valence-corrected chi connectivity index (χ0v) is 17.3. The Bertz CT molecular complexity index is 1060. The summed E-state index contributed by atoms with van der Waals surface area (Å²) in [6.07, 6.45) is 4.68. The van der Waals surface area contributed by atoms with Gasteiger partial charge in [-0.05, 0) is 23.8 Å². The van der Waals surface area contributed by atoms with Crippen LogP contribution < -0.4 is 5.32 Å². The van der Waals surface area contributed by atoms with Crippen LogP contribution in [0.4, 0.5) is 5.69 Å². The maximum atomic E-state index is 12.1. The van der Waals surface area contributed by atoms with Crippen LogP contribution in [0.3, 0.4) is 0 Å². The van der Waals surface area contributed by atoms with Gasteiger partial charge in [0.05, 0.1) is 23.5 Å². The maximum absolute atomic E-state index is 12.1. The Labute approximate surface area is 174 Å². The van der Waals surface area contributed by atoms with Crippen molar-refractivity contribution in [2.24, 2.45) is 0 Å². The first kappa shape index (κ1) is 20.9. The van der Waals surface area contributed by atoms with Crippen molar-refractivity contribution in [2.75, 3.05) is 11.1 Å². The van der Waals surface area contributed by atoms with Crippen LogP contribution in [0.1, 0.15) is 12.0 Å². The summed E-state index contributed by atoms with van der Waals surface area (Å²) < 4.78 is 25.9. The van der Waals surface area contributed by atoms with Crippen LogP contribution in [0.15, 0.2) is 83.4 Å². The lowest BCUT2D eigenvalue weighted by Crippen LogP contribution is -2.16. The molecule has 1 aromatic heterocycles. The molecular formula is C21H21N3O3S2. The van der Waals surface area contributed by atoms with Crippen molar-refractivity contribution in [3.05, 3.63) is 84.0 Å². The molecule has 1 N–H and O–H groups in total. The third-order valence-corrected chi connectivity index (χ3v) is 6.23. The Morgan fingerprint density at radius 1 is 1.07 bits per heavy atom. The Morgan fingerprint density at radius 2 is 1.76 bits per heavy atom. The Morgan fingerprint density at radius 3 is 2.48 bits per heavy atom. The number of benzene rings is 2. The second-order valence-corrected chi connectivity index (χ2v) is 9.26. The first-order chi connectivity index (χ1) is 14.0. The third-order valence-electron chi connectivity index (χ3n) is 3.90. The van der Waals surface area contributed by atoms with Crippen molar-refractivity contribution in [3.63, 3.8) is 0 Å². The van der Waals surface area contributed by atoms with E-state index in [0.717, 1.165) is 15.9 Å². The minimum atomic E-state index is -3.47. The molecule has 0 spiro atoms. The average molecular weight is 428 g/mol. The number of sulfone groups is 1. The molecule has 0 aliphatic rings. The number of hydrogen-bond donors (Lipinski definition) is 1. The standard InChI is InChI=1S/C21H21N3O3S2/c25-21(12-14-29(26,27)13-11-18-7-3-1-4-8-18)23-19-15-22-24(16-19)17-28-20-9-5-2-6-10-20/h1-11,13,15-16H,12,14,17H2,(H,23,25). The molecule has 3 aromatic rings. The highest BCUT2D eigenvalue weighted by Gasteiger charge is 2.11. The molecule has 150 valence electrons. The average Bonchev–Trinajstić information content (AvgIpc) is 3.18. The Kier molecular flexibility index (Phi) is 7.26. The molecule has 0 radical (unpaired) electrons. The van der Waals surface area contributed by atoms with Gasteiger partial charge in [0.1, 0.15) is 0 Å². The number of hydrogen-bond acceptors (Lipinski definition) is 5. The van der Waals surface area contributed by atoms with E-state index in [1.807, 2.05) is 60.7 Å². The van der Waals surface area contributed by atoms with Gasteiger partial charge in [-0.2, -0.15) is 5.10 Å². The van der Waals surface area contributed by atoms with Crippen LogP contribution in [-0.2, 0) is 20.5 Å². The quantitative estimate of drug-likeness (QED) is 0.521. The van der Waals surface area contributed by atoms with Crippen LogP contribution in [-0.4, -0.2) is 29.9 Å². The number of nitrogens with one attached hydrogen (secondary N) is 1. The predicted molar refractivity (Wildman–Crippen MR) is 117 cm³/mol. The second kappa shape index (κ2) is 10.1.